The van der Waals surface area contributed by atoms with E-state index < -0.39 is 191 Å². The molecule has 0 aromatic rings. The van der Waals surface area contributed by atoms with Gasteiger partial charge in [-0.15, -0.1) is 0 Å². The van der Waals surface area contributed by atoms with E-state index in [1.165, 1.54) is 28.1 Å². The second-order valence-electron chi connectivity index (χ2n) is 36.4. The summed E-state index contributed by atoms with van der Waals surface area (Å²) in [6.45, 7) is 41.8. The Morgan fingerprint density at radius 2 is 0.938 bits per heavy atom. The number of aliphatic hydroxyl groups is 10. The first-order valence-electron chi connectivity index (χ1n) is 41.8. The molecule has 0 spiro atoms. The number of cyclic esters (lactones) is 2. The minimum absolute atomic E-state index is 0.0928. The molecule has 6 fully saturated rings. The maximum absolute atomic E-state index is 14.5. The van der Waals surface area contributed by atoms with E-state index in [0.717, 1.165) is 12.8 Å². The predicted octanol–water partition coefficient (Wildman–Crippen LogP) is 3.86. The number of carbonyl (C=O) groups excluding carboxylic acids is 2. The van der Waals surface area contributed by atoms with Crippen LogP contribution in [0.4, 0.5) is 0 Å². The zero-order chi connectivity index (χ0) is 85.1. The molecule has 30 heteroatoms. The Kier molecular flexibility index (Phi) is 37.6. The fourth-order valence-corrected chi connectivity index (χ4v) is 18.4. The molecule has 112 heavy (non-hydrogen) atoms. The minimum atomic E-state index is -1.81. The second kappa shape index (κ2) is 41.9. The standard InChI is InChI=1S/2C41H79N3O12/c1-15-17-42-22-41(50)28(8)53-31(20-39(41,10)51-14)55-33-25(5)35(56-37-32(45)29(44(12)13)18-24(4)52-37)38(9,48)19-23(3)21-43-27(7)34(46)40(11,49)30(16-2)54-36(47)26(33)6;1-15-17-42-22-41(50)28(8)53-31(20-39(41,10)51-14)54-33-25(5)34(56-37-32(46)29(44(12)13)18-24(4)52-37)38(9,48)19-23(3)21-43-27(7)35(55-36(47)26(33)6)40(11,49)30(45)16-2/h2*23-35,37,42-43,45-46,48-50H,15-22H2,1-14H3/t23-,24-,25+,26-,27-,28+,29+,30-,31+,32-,33+,34-,35-,37?,38-,39-,40-,41+;23-,24-,25+,26-,27-,28+,29+,30-,31+,32-,33+,34-,35?,37?,38+,39-,40-,41+/m11/s1. The Labute approximate surface area is 671 Å². The van der Waals surface area contributed by atoms with Crippen LogP contribution in [0.15, 0.2) is 0 Å². The van der Waals surface area contributed by atoms with Gasteiger partial charge in [-0.25, -0.2) is 0 Å². The summed E-state index contributed by atoms with van der Waals surface area (Å²) in [5.41, 5.74) is -11.9. The fraction of sp³-hybridized carbons (Fsp3) is 0.976. The van der Waals surface area contributed by atoms with E-state index >= 15 is 0 Å². The number of aliphatic hydroxyl groups excluding tert-OH is 4. The SMILES string of the molecule is CCCNC[C@]1(O)[C@H](C)O[C@@H](O[C@H]2[C@H](C)[C@@H](OC3O[C@H](C)C[C@H](N(C)C)[C@H]3O)[C@@](C)(O)C[C@@H](C)CN[C@H](C)C([C@](C)(O)[C@H](O)CC)OC(=O)[C@@H]2C)C[C@@]1(C)OC.CCCNC[C@]1(O)[C@H](C)O[C@@H](O[C@H]2[C@H](C)[C@@H](OC3O[C@H](C)C[C@H](N(C)C)[C@H]3O)[C@](C)(O)C[C@@H](C)CN[C@H](C)[C@@H](O)[C@](C)(O)[C@@H](CC)OC(=O)[C@@H]2C)C[C@@]1(C)OC. The highest BCUT2D eigenvalue weighted by Crippen LogP contribution is 2.47. The van der Waals surface area contributed by atoms with E-state index in [9.17, 15) is 60.7 Å². The van der Waals surface area contributed by atoms with Gasteiger partial charge in [-0.2, -0.15) is 0 Å². The molecular formula is C82H158N6O24. The lowest BCUT2D eigenvalue weighted by Gasteiger charge is -2.53. The van der Waals surface area contributed by atoms with Crippen LogP contribution in [0.5, 0.6) is 0 Å². The normalized spacial score (nSPS) is 46.6. The predicted molar refractivity (Wildman–Crippen MR) is 423 cm³/mol. The summed E-state index contributed by atoms with van der Waals surface area (Å²) in [4.78, 5) is 32.6. The van der Waals surface area contributed by atoms with Crippen molar-refractivity contribution in [2.24, 2.45) is 35.5 Å². The molecule has 0 aromatic carbocycles. The molecule has 0 amide bonds. The number of methoxy groups -OCH3 is 2. The summed E-state index contributed by atoms with van der Waals surface area (Å²) in [5.74, 6) is -5.34. The van der Waals surface area contributed by atoms with Crippen LogP contribution in [0.25, 0.3) is 0 Å². The third-order valence-corrected chi connectivity index (χ3v) is 26.0. The summed E-state index contributed by atoms with van der Waals surface area (Å²) in [7, 11) is 10.6. The average Bonchev–Trinajstić information content (AvgIpc) is 0.760. The van der Waals surface area contributed by atoms with E-state index in [0.29, 0.717) is 39.0 Å². The van der Waals surface area contributed by atoms with Crippen LogP contribution in [0.2, 0.25) is 0 Å². The van der Waals surface area contributed by atoms with E-state index in [2.05, 4.69) is 21.3 Å². The number of nitrogens with zero attached hydrogens (tertiary/aromatic N) is 2. The van der Waals surface area contributed by atoms with Crippen molar-refractivity contribution in [2.75, 3.05) is 81.7 Å². The van der Waals surface area contributed by atoms with Gasteiger partial charge in [0.2, 0.25) is 0 Å². The lowest BCUT2D eigenvalue weighted by molar-refractivity contribution is -0.336. The molecule has 6 aliphatic rings. The highest BCUT2D eigenvalue weighted by molar-refractivity contribution is 5.73. The van der Waals surface area contributed by atoms with Crippen molar-refractivity contribution < 1.29 is 117 Å². The summed E-state index contributed by atoms with van der Waals surface area (Å²) in [5, 5.41) is 131. The zero-order valence-electron chi connectivity index (χ0n) is 73.6. The van der Waals surface area contributed by atoms with Crippen LogP contribution in [-0.4, -0.2) is 334 Å². The number of rotatable bonds is 24. The van der Waals surface area contributed by atoms with Gasteiger partial charge in [0.1, 0.15) is 64.1 Å². The smallest absolute Gasteiger partial charge is 0.311 e. The molecule has 0 saturated carbocycles. The van der Waals surface area contributed by atoms with Crippen LogP contribution in [0.1, 0.15) is 217 Å². The first-order valence-corrected chi connectivity index (χ1v) is 41.8. The maximum atomic E-state index is 14.5. The van der Waals surface area contributed by atoms with Crippen molar-refractivity contribution in [3.63, 3.8) is 0 Å². The van der Waals surface area contributed by atoms with Crippen LogP contribution in [-0.2, 0) is 66.4 Å². The third kappa shape index (κ3) is 23.7. The molecule has 0 bridgehead atoms. The van der Waals surface area contributed by atoms with Crippen molar-refractivity contribution in [2.45, 2.75) is 396 Å². The van der Waals surface area contributed by atoms with E-state index in [4.69, 9.17) is 56.8 Å². The number of carbonyl (C=O) groups is 2. The van der Waals surface area contributed by atoms with Crippen molar-refractivity contribution in [3.05, 3.63) is 0 Å². The summed E-state index contributed by atoms with van der Waals surface area (Å²) < 4.78 is 76.7. The summed E-state index contributed by atoms with van der Waals surface area (Å²) in [6.07, 6.45) is -13.3. The molecule has 0 radical (unpaired) electrons. The quantitative estimate of drug-likeness (QED) is 0.0482. The molecule has 0 aromatic heterocycles. The van der Waals surface area contributed by atoms with Crippen molar-refractivity contribution in [3.8, 4) is 0 Å². The van der Waals surface area contributed by atoms with Gasteiger partial charge >= 0.3 is 11.9 Å². The highest BCUT2D eigenvalue weighted by atomic mass is 16.7. The average molecular weight is 1610 g/mol. The number of likely N-dealkylation sites (N-methyl/N-ethyl adjacent to an activating group) is 2. The van der Waals surface area contributed by atoms with Gasteiger partial charge in [-0.05, 0) is 215 Å². The van der Waals surface area contributed by atoms with Gasteiger partial charge in [0.25, 0.3) is 0 Å². The van der Waals surface area contributed by atoms with Gasteiger partial charge in [-0.1, -0.05) is 55.4 Å². The lowest BCUT2D eigenvalue weighted by Crippen LogP contribution is -2.70. The summed E-state index contributed by atoms with van der Waals surface area (Å²) >= 11 is 0. The molecule has 14 N–H and O–H groups in total. The van der Waals surface area contributed by atoms with Gasteiger partial charge in [0, 0.05) is 76.2 Å². The van der Waals surface area contributed by atoms with Crippen molar-refractivity contribution >= 4 is 11.9 Å². The first kappa shape index (κ1) is 100. The number of nitrogens with one attached hydrogen (secondary N) is 4. The molecule has 6 aliphatic heterocycles. The summed E-state index contributed by atoms with van der Waals surface area (Å²) in [6, 6.07) is -1.75. The van der Waals surface area contributed by atoms with Crippen molar-refractivity contribution in [1.82, 2.24) is 31.1 Å². The van der Waals surface area contributed by atoms with Crippen LogP contribution in [0.3, 0.4) is 0 Å². The first-order chi connectivity index (χ1) is 51.8. The number of hydrogen-bond acceptors (Lipinski definition) is 30. The largest absolute Gasteiger partial charge is 0.459 e. The van der Waals surface area contributed by atoms with E-state index in [1.54, 1.807) is 69.2 Å². The van der Waals surface area contributed by atoms with Crippen LogP contribution >= 0.6 is 0 Å². The maximum Gasteiger partial charge on any atom is 0.311 e. The van der Waals surface area contributed by atoms with Gasteiger partial charge in [0.15, 0.2) is 25.2 Å². The van der Waals surface area contributed by atoms with Gasteiger partial charge < -0.3 is 139 Å². The molecule has 6 saturated heterocycles. The minimum Gasteiger partial charge on any atom is -0.459 e. The van der Waals surface area contributed by atoms with Crippen molar-refractivity contribution in [1.29, 1.82) is 0 Å². The second-order valence-corrected chi connectivity index (χ2v) is 36.4. The number of ether oxygens (including phenoxy) is 12. The van der Waals surface area contributed by atoms with Crippen LogP contribution in [0, 0.1) is 35.5 Å². The molecule has 30 nitrogen and oxygen atoms in total. The van der Waals surface area contributed by atoms with Crippen LogP contribution < -0.4 is 21.3 Å². The molecule has 36 atom stereocenters. The van der Waals surface area contributed by atoms with E-state index in [1.807, 2.05) is 107 Å². The molecule has 6 rings (SSSR count). The third-order valence-electron chi connectivity index (χ3n) is 26.0. The van der Waals surface area contributed by atoms with E-state index in [-0.39, 0.29) is 87.7 Å². The highest BCUT2D eigenvalue weighted by Gasteiger charge is 2.61. The molecular weight excluding hydrogens is 1450 g/mol. The Morgan fingerprint density at radius 1 is 0.562 bits per heavy atom. The van der Waals surface area contributed by atoms with Gasteiger partial charge in [-0.3, -0.25) is 9.59 Å². The van der Waals surface area contributed by atoms with Gasteiger partial charge in [0.05, 0.1) is 78.0 Å². The molecule has 3 unspecified atom stereocenters. The topological polar surface area (TPSA) is 402 Å². The number of esters is 2. The lowest BCUT2D eigenvalue weighted by atomic mass is 9.75. The number of hydrogen-bond donors (Lipinski definition) is 14. The molecule has 660 valence electrons. The Bertz CT molecular complexity index is 2820. The Hall–Kier alpha value is -2.10. The zero-order valence-corrected chi connectivity index (χ0v) is 73.6. The monoisotopic (exact) mass is 1610 g/mol. The molecule has 0 aliphatic carbocycles. The Morgan fingerprint density at radius 3 is 1.29 bits per heavy atom. The Balaban J connectivity index is 0.000000400. The molecule has 6 heterocycles. The fourth-order valence-electron chi connectivity index (χ4n) is 18.4.